The van der Waals surface area contributed by atoms with E-state index < -0.39 is 28.8 Å². The molecule has 2 N–H and O–H groups in total. The van der Waals surface area contributed by atoms with Crippen LogP contribution in [0.4, 0.5) is 16.3 Å². The summed E-state index contributed by atoms with van der Waals surface area (Å²) in [6, 6.07) is 3.01. The maximum Gasteiger partial charge on any atom is 0.410 e. The molecule has 2 aliphatic rings. The van der Waals surface area contributed by atoms with E-state index in [4.69, 9.17) is 16.3 Å². The van der Waals surface area contributed by atoms with Crippen LogP contribution in [0.15, 0.2) is 29.5 Å². The van der Waals surface area contributed by atoms with E-state index in [1.165, 1.54) is 28.1 Å². The van der Waals surface area contributed by atoms with Gasteiger partial charge in [0.15, 0.2) is 0 Å². The van der Waals surface area contributed by atoms with Crippen molar-refractivity contribution in [2.75, 3.05) is 18.4 Å². The highest BCUT2D eigenvalue weighted by atomic mass is 35.5. The zero-order chi connectivity index (χ0) is 22.4. The van der Waals surface area contributed by atoms with Gasteiger partial charge >= 0.3 is 6.09 Å². The molecule has 4 heterocycles. The van der Waals surface area contributed by atoms with Crippen molar-refractivity contribution >= 4 is 35.1 Å². The van der Waals surface area contributed by atoms with E-state index in [0.29, 0.717) is 25.2 Å². The summed E-state index contributed by atoms with van der Waals surface area (Å²) in [6.07, 6.45) is 3.43. The van der Waals surface area contributed by atoms with Gasteiger partial charge in [0.05, 0.1) is 11.6 Å². The first-order chi connectivity index (χ1) is 14.6. The summed E-state index contributed by atoms with van der Waals surface area (Å²) < 4.78 is 6.84. The number of piperidine rings is 1. The lowest BCUT2D eigenvalue weighted by atomic mass is 9.98. The fourth-order valence-corrected chi connectivity index (χ4v) is 4.21. The van der Waals surface area contributed by atoms with Crippen molar-refractivity contribution in [1.29, 1.82) is 0 Å². The Morgan fingerprint density at radius 3 is 2.81 bits per heavy atom. The van der Waals surface area contributed by atoms with Gasteiger partial charge < -0.3 is 20.3 Å². The van der Waals surface area contributed by atoms with Crippen LogP contribution in [0, 0.1) is 0 Å². The van der Waals surface area contributed by atoms with Gasteiger partial charge in [-0.3, -0.25) is 14.2 Å². The molecule has 0 aromatic carbocycles. The average Bonchev–Trinajstić information content (AvgIpc) is 2.97. The normalized spacial score (nSPS) is 20.4. The first-order valence-electron chi connectivity index (χ1n) is 9.89. The van der Waals surface area contributed by atoms with Crippen molar-refractivity contribution in [1.82, 2.24) is 24.8 Å². The van der Waals surface area contributed by atoms with E-state index in [2.05, 4.69) is 20.6 Å². The first kappa shape index (κ1) is 21.1. The number of anilines is 2. The van der Waals surface area contributed by atoms with Crippen LogP contribution in [-0.2, 0) is 10.4 Å². The van der Waals surface area contributed by atoms with Gasteiger partial charge in [-0.2, -0.15) is 0 Å². The lowest BCUT2D eigenvalue weighted by molar-refractivity contribution is 0.00295. The van der Waals surface area contributed by atoms with E-state index in [9.17, 15) is 14.4 Å². The summed E-state index contributed by atoms with van der Waals surface area (Å²) in [5, 5.41) is 5.95. The van der Waals surface area contributed by atoms with Crippen LogP contribution < -0.4 is 16.2 Å². The second-order valence-corrected chi connectivity index (χ2v) is 9.01. The van der Waals surface area contributed by atoms with Crippen LogP contribution in [0.25, 0.3) is 0 Å². The van der Waals surface area contributed by atoms with Crippen molar-refractivity contribution in [2.45, 2.75) is 44.9 Å². The zero-order valence-corrected chi connectivity index (χ0v) is 18.2. The van der Waals surface area contributed by atoms with Gasteiger partial charge in [0.25, 0.3) is 11.5 Å². The molecule has 11 heteroatoms. The number of amides is 2. The Labute approximate surface area is 183 Å². The van der Waals surface area contributed by atoms with Gasteiger partial charge in [-0.05, 0) is 45.7 Å². The minimum absolute atomic E-state index is 0.0749. The molecular weight excluding hydrogens is 424 g/mol. The molecule has 1 unspecified atom stereocenters. The van der Waals surface area contributed by atoms with E-state index in [-0.39, 0.29) is 22.9 Å². The molecule has 1 spiro atoms. The third kappa shape index (κ3) is 3.95. The summed E-state index contributed by atoms with van der Waals surface area (Å²) in [6.45, 7) is 5.91. The largest absolute Gasteiger partial charge is 0.444 e. The molecule has 1 atom stereocenters. The van der Waals surface area contributed by atoms with Gasteiger partial charge in [0.1, 0.15) is 34.8 Å². The number of pyridine rings is 1. The van der Waals surface area contributed by atoms with Crippen LogP contribution in [0.3, 0.4) is 0 Å². The summed E-state index contributed by atoms with van der Waals surface area (Å²) in [5.74, 6) is -0.0456. The molecule has 0 saturated carbocycles. The molecule has 2 aliphatic heterocycles. The highest BCUT2D eigenvalue weighted by molar-refractivity contribution is 6.34. The van der Waals surface area contributed by atoms with Gasteiger partial charge in [0, 0.05) is 12.7 Å². The minimum atomic E-state index is -1.11. The van der Waals surface area contributed by atoms with Crippen LogP contribution in [0.2, 0.25) is 5.02 Å². The molecule has 1 fully saturated rings. The molecule has 2 aromatic rings. The Kier molecular flexibility index (Phi) is 5.12. The lowest BCUT2D eigenvalue weighted by Gasteiger charge is -2.41. The summed E-state index contributed by atoms with van der Waals surface area (Å²) in [4.78, 5) is 48.2. The van der Waals surface area contributed by atoms with Crippen LogP contribution in [-0.4, -0.2) is 50.1 Å². The molecule has 4 rings (SSSR count). The van der Waals surface area contributed by atoms with Crippen molar-refractivity contribution < 1.29 is 14.3 Å². The van der Waals surface area contributed by atoms with E-state index in [0.717, 1.165) is 0 Å². The molecule has 2 amide bonds. The Morgan fingerprint density at radius 1 is 1.35 bits per heavy atom. The summed E-state index contributed by atoms with van der Waals surface area (Å²) in [5.41, 5.74) is -1.97. The number of likely N-dealkylation sites (tertiary alicyclic amines) is 1. The molecule has 31 heavy (non-hydrogen) atoms. The molecule has 0 aliphatic carbocycles. The van der Waals surface area contributed by atoms with Crippen LogP contribution in [0.5, 0.6) is 0 Å². The number of halogens is 1. The third-order valence-corrected chi connectivity index (χ3v) is 5.40. The highest BCUT2D eigenvalue weighted by Crippen LogP contribution is 2.35. The molecule has 0 radical (unpaired) electrons. The standard InChI is InChI=1S/C20H23ClN6O4/c1-19(2,3)31-18(30)26-8-4-6-20(10-26)25-16(28)15-12(21)9-13(17(29)27(15)20)24-14-5-7-22-11-23-14/h5,7,9,11H,4,6,8,10H2,1-3H3,(H,25,28)(H,22,23,24). The Morgan fingerprint density at radius 2 is 2.13 bits per heavy atom. The number of fused-ring (bicyclic) bond motifs is 2. The maximum absolute atomic E-state index is 13.4. The number of nitrogens with one attached hydrogen (secondary N) is 2. The molecule has 0 bridgehead atoms. The van der Waals surface area contributed by atoms with Crippen molar-refractivity contribution in [3.63, 3.8) is 0 Å². The van der Waals surface area contributed by atoms with Gasteiger partial charge in [-0.15, -0.1) is 0 Å². The fourth-order valence-electron chi connectivity index (χ4n) is 3.93. The first-order valence-corrected chi connectivity index (χ1v) is 10.3. The van der Waals surface area contributed by atoms with Gasteiger partial charge in [0.2, 0.25) is 0 Å². The van der Waals surface area contributed by atoms with E-state index >= 15 is 0 Å². The second-order valence-electron chi connectivity index (χ2n) is 8.61. The SMILES string of the molecule is CC(C)(C)OC(=O)N1CCCC2(C1)NC(=O)c1c(Cl)cc(Nc3ccncn3)c(=O)n12. The lowest BCUT2D eigenvalue weighted by Crippen LogP contribution is -2.59. The number of hydrogen-bond donors (Lipinski definition) is 2. The number of carbonyl (C=O) groups excluding carboxylic acids is 2. The van der Waals surface area contributed by atoms with Crippen LogP contribution in [0.1, 0.15) is 44.1 Å². The van der Waals surface area contributed by atoms with Crippen molar-refractivity contribution in [3.05, 3.63) is 45.7 Å². The second kappa shape index (κ2) is 7.52. The predicted octanol–water partition coefficient (Wildman–Crippen LogP) is 2.46. The Balaban J connectivity index is 1.74. The van der Waals surface area contributed by atoms with Crippen molar-refractivity contribution in [2.24, 2.45) is 0 Å². The predicted molar refractivity (Wildman–Crippen MR) is 114 cm³/mol. The van der Waals surface area contributed by atoms with Gasteiger partial charge in [-0.25, -0.2) is 14.8 Å². The Bertz CT molecular complexity index is 1100. The topological polar surface area (TPSA) is 118 Å². The average molecular weight is 447 g/mol. The van der Waals surface area contributed by atoms with Crippen molar-refractivity contribution in [3.8, 4) is 0 Å². The smallest absolute Gasteiger partial charge is 0.410 e. The molecule has 164 valence electrons. The summed E-state index contributed by atoms with van der Waals surface area (Å²) in [7, 11) is 0. The number of rotatable bonds is 2. The van der Waals surface area contributed by atoms with Crippen LogP contribution >= 0.6 is 11.6 Å². The fraction of sp³-hybridized carbons (Fsp3) is 0.450. The van der Waals surface area contributed by atoms with Gasteiger partial charge in [-0.1, -0.05) is 11.6 Å². The quantitative estimate of drug-likeness (QED) is 0.727. The molecular formula is C20H23ClN6O4. The molecule has 10 nitrogen and oxygen atoms in total. The minimum Gasteiger partial charge on any atom is -0.444 e. The third-order valence-electron chi connectivity index (χ3n) is 5.11. The number of hydrogen-bond acceptors (Lipinski definition) is 7. The Hall–Kier alpha value is -3.14. The molecule has 1 saturated heterocycles. The number of nitrogens with zero attached hydrogens (tertiary/aromatic N) is 4. The monoisotopic (exact) mass is 446 g/mol. The number of ether oxygens (including phenoxy) is 1. The maximum atomic E-state index is 13.4. The highest BCUT2D eigenvalue weighted by Gasteiger charge is 2.49. The number of aromatic nitrogens is 3. The van der Waals surface area contributed by atoms with E-state index in [1.54, 1.807) is 26.8 Å². The van der Waals surface area contributed by atoms with E-state index in [1.807, 2.05) is 0 Å². The summed E-state index contributed by atoms with van der Waals surface area (Å²) >= 11 is 6.40. The number of carbonyl (C=O) groups is 2. The molecule has 2 aromatic heterocycles. The zero-order valence-electron chi connectivity index (χ0n) is 17.4.